The Bertz CT molecular complexity index is 889. The smallest absolute Gasteiger partial charge is 0.123 e. The van der Waals surface area contributed by atoms with Crippen molar-refractivity contribution in [2.45, 2.75) is 18.8 Å². The maximum Gasteiger partial charge on any atom is 0.123 e. The van der Waals surface area contributed by atoms with Gasteiger partial charge in [0.15, 0.2) is 0 Å². The number of benzene rings is 2. The molecule has 1 aromatic heterocycles. The first kappa shape index (κ1) is 16.0. The van der Waals surface area contributed by atoms with Crippen molar-refractivity contribution in [2.75, 3.05) is 25.1 Å². The summed E-state index contributed by atoms with van der Waals surface area (Å²) in [5.74, 6) is -0.214. The van der Waals surface area contributed by atoms with Crippen LogP contribution in [0.2, 0.25) is 0 Å². The zero-order chi connectivity index (χ0) is 17.3. The highest BCUT2D eigenvalue weighted by Crippen LogP contribution is 2.34. The molecule has 5 heteroatoms. The number of hydrogen-bond acceptors (Lipinski definition) is 4. The summed E-state index contributed by atoms with van der Waals surface area (Å²) in [5.41, 5.74) is 3.75. The lowest BCUT2D eigenvalue weighted by atomic mass is 9.79. The average molecular weight is 337 g/mol. The molecule has 4 rings (SSSR count). The summed E-state index contributed by atoms with van der Waals surface area (Å²) in [6.07, 6.45) is 0.912. The summed E-state index contributed by atoms with van der Waals surface area (Å²) >= 11 is 0. The van der Waals surface area contributed by atoms with E-state index in [-0.39, 0.29) is 11.2 Å². The van der Waals surface area contributed by atoms with Gasteiger partial charge in [-0.05, 0) is 49.2 Å². The van der Waals surface area contributed by atoms with E-state index in [0.717, 1.165) is 47.4 Å². The van der Waals surface area contributed by atoms with Gasteiger partial charge in [0.1, 0.15) is 5.82 Å². The molecule has 1 atom stereocenters. The second-order valence-corrected chi connectivity index (χ2v) is 6.67. The second kappa shape index (κ2) is 6.41. The maximum absolute atomic E-state index is 13.3. The lowest BCUT2D eigenvalue weighted by Gasteiger charge is -2.29. The molecule has 0 aliphatic carbocycles. The SMILES string of the molecule is Cc1cc2c(NCC3(c4ccc(F)cc4)CCOC3)cccc2nn1. The zero-order valence-corrected chi connectivity index (χ0v) is 14.1. The van der Waals surface area contributed by atoms with Gasteiger partial charge in [0, 0.05) is 29.6 Å². The Morgan fingerprint density at radius 2 is 2.00 bits per heavy atom. The summed E-state index contributed by atoms with van der Waals surface area (Å²) in [4.78, 5) is 0. The van der Waals surface area contributed by atoms with E-state index < -0.39 is 0 Å². The Balaban J connectivity index is 1.64. The molecule has 0 bridgehead atoms. The molecule has 2 aromatic carbocycles. The normalized spacial score (nSPS) is 20.1. The lowest BCUT2D eigenvalue weighted by molar-refractivity contribution is 0.179. The molecule has 0 radical (unpaired) electrons. The average Bonchev–Trinajstić information content (AvgIpc) is 3.10. The molecule has 1 unspecified atom stereocenters. The molecule has 1 saturated heterocycles. The molecule has 1 fully saturated rings. The van der Waals surface area contributed by atoms with E-state index in [0.29, 0.717) is 6.61 Å². The first-order chi connectivity index (χ1) is 12.2. The molecule has 1 aliphatic rings. The highest BCUT2D eigenvalue weighted by molar-refractivity contribution is 5.91. The van der Waals surface area contributed by atoms with Gasteiger partial charge in [-0.15, -0.1) is 0 Å². The maximum atomic E-state index is 13.3. The molecule has 0 saturated carbocycles. The minimum atomic E-state index is -0.214. The quantitative estimate of drug-likeness (QED) is 0.785. The van der Waals surface area contributed by atoms with Crippen LogP contribution in [0.4, 0.5) is 10.1 Å². The topological polar surface area (TPSA) is 47.0 Å². The van der Waals surface area contributed by atoms with Gasteiger partial charge >= 0.3 is 0 Å². The number of nitrogens with zero attached hydrogens (tertiary/aromatic N) is 2. The molecular formula is C20H20FN3O. The minimum Gasteiger partial charge on any atom is -0.384 e. The van der Waals surface area contributed by atoms with Gasteiger partial charge in [0.25, 0.3) is 0 Å². The van der Waals surface area contributed by atoms with Crippen LogP contribution >= 0.6 is 0 Å². The van der Waals surface area contributed by atoms with Crippen LogP contribution in [0.3, 0.4) is 0 Å². The van der Waals surface area contributed by atoms with E-state index in [2.05, 4.69) is 21.6 Å². The third kappa shape index (κ3) is 3.07. The van der Waals surface area contributed by atoms with E-state index in [4.69, 9.17) is 4.74 Å². The third-order valence-corrected chi connectivity index (χ3v) is 4.93. The van der Waals surface area contributed by atoms with Crippen molar-refractivity contribution in [2.24, 2.45) is 0 Å². The zero-order valence-electron chi connectivity index (χ0n) is 14.1. The molecular weight excluding hydrogens is 317 g/mol. The number of ether oxygens (including phenoxy) is 1. The Labute approximate surface area is 146 Å². The van der Waals surface area contributed by atoms with Crippen LogP contribution < -0.4 is 5.32 Å². The van der Waals surface area contributed by atoms with Crippen LogP contribution in [0.25, 0.3) is 10.9 Å². The number of aryl methyl sites for hydroxylation is 1. The predicted octanol–water partition coefficient (Wildman–Crippen LogP) is 3.85. The van der Waals surface area contributed by atoms with Gasteiger partial charge in [-0.1, -0.05) is 18.2 Å². The summed E-state index contributed by atoms with van der Waals surface area (Å²) in [5, 5.41) is 13.0. The van der Waals surface area contributed by atoms with Crippen LogP contribution in [0.15, 0.2) is 48.5 Å². The molecule has 1 aliphatic heterocycles. The highest BCUT2D eigenvalue weighted by atomic mass is 19.1. The Morgan fingerprint density at radius 3 is 2.76 bits per heavy atom. The predicted molar refractivity (Wildman–Crippen MR) is 96.3 cm³/mol. The molecule has 0 amide bonds. The number of halogens is 1. The monoisotopic (exact) mass is 337 g/mol. The van der Waals surface area contributed by atoms with Crippen molar-refractivity contribution in [1.29, 1.82) is 0 Å². The third-order valence-electron chi connectivity index (χ3n) is 4.93. The first-order valence-electron chi connectivity index (χ1n) is 8.47. The highest BCUT2D eigenvalue weighted by Gasteiger charge is 2.36. The van der Waals surface area contributed by atoms with E-state index in [1.54, 1.807) is 0 Å². The van der Waals surface area contributed by atoms with Crippen molar-refractivity contribution in [3.8, 4) is 0 Å². The number of aromatic nitrogens is 2. The molecule has 2 heterocycles. The van der Waals surface area contributed by atoms with Gasteiger partial charge in [-0.25, -0.2) is 4.39 Å². The Morgan fingerprint density at radius 1 is 1.16 bits per heavy atom. The summed E-state index contributed by atoms with van der Waals surface area (Å²) in [7, 11) is 0. The van der Waals surface area contributed by atoms with Crippen LogP contribution in [0.1, 0.15) is 17.7 Å². The number of anilines is 1. The standard InChI is InChI=1S/C20H20FN3O/c1-14-11-17-18(3-2-4-19(17)24-23-14)22-12-20(9-10-25-13-20)15-5-7-16(21)8-6-15/h2-8,11,22H,9-10,12-13H2,1H3. The molecule has 4 nitrogen and oxygen atoms in total. The number of hydrogen-bond donors (Lipinski definition) is 1. The summed E-state index contributed by atoms with van der Waals surface area (Å²) in [6.45, 7) is 4.02. The van der Waals surface area contributed by atoms with Crippen molar-refractivity contribution in [3.05, 3.63) is 65.6 Å². The number of nitrogens with one attached hydrogen (secondary N) is 1. The van der Waals surface area contributed by atoms with Crippen LogP contribution in [-0.4, -0.2) is 30.0 Å². The van der Waals surface area contributed by atoms with Crippen LogP contribution in [0.5, 0.6) is 0 Å². The van der Waals surface area contributed by atoms with Gasteiger partial charge in [-0.2, -0.15) is 10.2 Å². The fraction of sp³-hybridized carbons (Fsp3) is 0.300. The first-order valence-corrected chi connectivity index (χ1v) is 8.47. The Hall–Kier alpha value is -2.53. The van der Waals surface area contributed by atoms with Crippen molar-refractivity contribution < 1.29 is 9.13 Å². The van der Waals surface area contributed by atoms with Gasteiger partial charge in [-0.3, -0.25) is 0 Å². The van der Waals surface area contributed by atoms with Gasteiger partial charge in [0.2, 0.25) is 0 Å². The van der Waals surface area contributed by atoms with Gasteiger partial charge < -0.3 is 10.1 Å². The molecule has 1 N–H and O–H groups in total. The fourth-order valence-corrected chi connectivity index (χ4v) is 3.46. The number of rotatable bonds is 4. The van der Waals surface area contributed by atoms with E-state index >= 15 is 0 Å². The van der Waals surface area contributed by atoms with Crippen LogP contribution in [-0.2, 0) is 10.2 Å². The molecule has 25 heavy (non-hydrogen) atoms. The van der Waals surface area contributed by atoms with Gasteiger partial charge in [0.05, 0.1) is 17.8 Å². The molecule has 3 aromatic rings. The number of fused-ring (bicyclic) bond motifs is 1. The van der Waals surface area contributed by atoms with E-state index in [1.165, 1.54) is 12.1 Å². The Kier molecular flexibility index (Phi) is 4.09. The summed E-state index contributed by atoms with van der Waals surface area (Å²) < 4.78 is 19.0. The van der Waals surface area contributed by atoms with Crippen LogP contribution in [0, 0.1) is 12.7 Å². The largest absolute Gasteiger partial charge is 0.384 e. The van der Waals surface area contributed by atoms with Crippen molar-refractivity contribution in [3.63, 3.8) is 0 Å². The minimum absolute atomic E-state index is 0.147. The second-order valence-electron chi connectivity index (χ2n) is 6.67. The molecule has 0 spiro atoms. The molecule has 128 valence electrons. The summed E-state index contributed by atoms with van der Waals surface area (Å²) in [6, 6.07) is 14.8. The fourth-order valence-electron chi connectivity index (χ4n) is 3.46. The van der Waals surface area contributed by atoms with Crippen molar-refractivity contribution in [1.82, 2.24) is 10.2 Å². The lowest BCUT2D eigenvalue weighted by Crippen LogP contribution is -2.35. The van der Waals surface area contributed by atoms with Crippen molar-refractivity contribution >= 4 is 16.6 Å². The van der Waals surface area contributed by atoms with E-state index in [9.17, 15) is 4.39 Å². The van der Waals surface area contributed by atoms with E-state index in [1.807, 2.05) is 37.3 Å².